The minimum absolute atomic E-state index is 0.526. The molecular weight excluding hydrogens is 138 g/mol. The lowest BCUT2D eigenvalue weighted by Crippen LogP contribution is -2.45. The molecule has 0 bridgehead atoms. The summed E-state index contributed by atoms with van der Waals surface area (Å²) in [5.41, 5.74) is -0.526. The van der Waals surface area contributed by atoms with Crippen LogP contribution in [0.5, 0.6) is 0 Å². The van der Waals surface area contributed by atoms with E-state index in [1.807, 2.05) is 0 Å². The standard InChI is InChI=1S/C5H9NO4/c1-2(7)4(8)3(6)5(9)10/h3-4,8H,6H2,1H3,(H,9,10)/t3-,4?/m0/s1/i3D/hD2. The fraction of sp³-hybridized carbons (Fsp3) is 0.600. The summed E-state index contributed by atoms with van der Waals surface area (Å²) >= 11 is 0. The van der Waals surface area contributed by atoms with Gasteiger partial charge in [0.25, 0.3) is 0 Å². The molecule has 0 aliphatic heterocycles. The number of carbonyl (C=O) groups excluding carboxylic acids is 1. The maximum atomic E-state index is 10.6. The van der Waals surface area contributed by atoms with Crippen molar-refractivity contribution in [2.45, 2.75) is 19.0 Å². The number of carboxylic acids is 1. The Bertz CT molecular complexity index is 234. The molecule has 0 saturated heterocycles. The molecule has 0 aromatic heterocycles. The Morgan fingerprint density at radius 1 is 1.80 bits per heavy atom. The second-order valence-corrected chi connectivity index (χ2v) is 1.70. The first kappa shape index (κ1) is 4.81. The second kappa shape index (κ2) is 3.28. The zero-order chi connectivity index (χ0) is 10.8. The highest BCUT2D eigenvalue weighted by atomic mass is 16.4. The first-order valence-corrected chi connectivity index (χ1v) is 2.44. The molecule has 0 spiro atoms. The van der Waals surface area contributed by atoms with E-state index < -0.39 is 29.6 Å². The van der Waals surface area contributed by atoms with Crippen LogP contribution in [0.2, 0.25) is 2.82 Å². The van der Waals surface area contributed by atoms with Crippen molar-refractivity contribution in [3.63, 3.8) is 0 Å². The zero-order valence-corrected chi connectivity index (χ0v) is 5.24. The molecule has 0 heterocycles. The van der Waals surface area contributed by atoms with Gasteiger partial charge in [0.1, 0.15) is 14.9 Å². The van der Waals surface area contributed by atoms with Crippen LogP contribution in [-0.4, -0.2) is 34.1 Å². The van der Waals surface area contributed by atoms with E-state index in [9.17, 15) is 9.59 Å². The number of aliphatic hydroxyl groups is 1. The lowest BCUT2D eigenvalue weighted by atomic mass is 10.1. The Kier molecular flexibility index (Phi) is 1.58. The van der Waals surface area contributed by atoms with E-state index in [4.69, 9.17) is 14.4 Å². The molecule has 0 rings (SSSR count). The molecule has 0 fully saturated rings. The van der Waals surface area contributed by atoms with Crippen LogP contribution in [0.15, 0.2) is 0 Å². The minimum atomic E-state index is -2.98. The summed E-state index contributed by atoms with van der Waals surface area (Å²) in [7, 11) is 0. The first-order valence-electron chi connectivity index (χ1n) is 3.84. The number of Topliss-reactive ketones (excluding diaryl/α,β-unsaturated/α-hetero) is 1. The number of rotatable bonds is 4. The van der Waals surface area contributed by atoms with E-state index in [0.717, 1.165) is 6.92 Å². The van der Waals surface area contributed by atoms with E-state index in [-0.39, 0.29) is 0 Å². The van der Waals surface area contributed by atoms with E-state index >= 15 is 0 Å². The average molecular weight is 150 g/mol. The highest BCUT2D eigenvalue weighted by molar-refractivity contribution is 5.88. The summed E-state index contributed by atoms with van der Waals surface area (Å²) in [6.07, 6.45) is -2.22. The van der Waals surface area contributed by atoms with Gasteiger partial charge in [-0.15, -0.1) is 0 Å². The van der Waals surface area contributed by atoms with Gasteiger partial charge >= 0.3 is 5.97 Å². The third-order valence-corrected chi connectivity index (χ3v) is 0.863. The molecular formula is C5H9NO4. The number of carboxylic acid groups (broad SMARTS) is 1. The number of nitrogens with two attached hydrogens (primary N) is 1. The molecule has 0 aromatic rings. The molecule has 0 saturated carbocycles. The summed E-state index contributed by atoms with van der Waals surface area (Å²) in [6.45, 7) is 0.875. The third kappa shape index (κ3) is 2.12. The van der Waals surface area contributed by atoms with Gasteiger partial charge in [0, 0.05) is 0 Å². The van der Waals surface area contributed by atoms with Crippen molar-refractivity contribution >= 4 is 11.8 Å². The van der Waals surface area contributed by atoms with Gasteiger partial charge in [-0.3, -0.25) is 9.59 Å². The van der Waals surface area contributed by atoms with Crippen molar-refractivity contribution in [1.82, 2.24) is 0 Å². The molecule has 0 aromatic carbocycles. The molecule has 4 N–H and O–H groups in total. The Hall–Kier alpha value is -0.940. The van der Waals surface area contributed by atoms with Crippen molar-refractivity contribution in [3.8, 4) is 0 Å². The number of hydrogen-bond acceptors (Lipinski definition) is 4. The summed E-state index contributed by atoms with van der Waals surface area (Å²) in [4.78, 5) is 21.0. The van der Waals surface area contributed by atoms with Gasteiger partial charge in [-0.2, -0.15) is 0 Å². The van der Waals surface area contributed by atoms with Crippen molar-refractivity contribution in [2.24, 2.45) is 5.72 Å². The number of aliphatic carboxylic acids is 1. The fourth-order valence-corrected chi connectivity index (χ4v) is 0.309. The number of hydrogen-bond donors (Lipinski definition) is 3. The summed E-state index contributed by atoms with van der Waals surface area (Å²) in [5, 5.41) is 17.4. The smallest absolute Gasteiger partial charge is 0.323 e. The first-order chi connectivity index (χ1) is 5.74. The predicted molar refractivity (Wildman–Crippen MR) is 32.3 cm³/mol. The second-order valence-electron chi connectivity index (χ2n) is 1.70. The average Bonchev–Trinajstić information content (AvgIpc) is 2.00. The van der Waals surface area contributed by atoms with Crippen LogP contribution in [0.25, 0.3) is 0 Å². The highest BCUT2D eigenvalue weighted by Gasteiger charge is 2.25. The maximum absolute atomic E-state index is 10.6. The Morgan fingerprint density at radius 2 is 2.30 bits per heavy atom. The Morgan fingerprint density at radius 3 is 2.40 bits per heavy atom. The normalized spacial score (nSPS) is 23.7. The van der Waals surface area contributed by atoms with Gasteiger partial charge < -0.3 is 15.9 Å². The van der Waals surface area contributed by atoms with E-state index in [1.165, 1.54) is 0 Å². The maximum Gasteiger partial charge on any atom is 0.323 e. The summed E-state index contributed by atoms with van der Waals surface area (Å²) < 4.78 is 20.3. The molecule has 0 aliphatic rings. The quantitative estimate of drug-likeness (QED) is 0.445. The monoisotopic (exact) mass is 150 g/mol. The third-order valence-electron chi connectivity index (χ3n) is 0.863. The topological polar surface area (TPSA) is 101 Å². The lowest BCUT2D eigenvalue weighted by Gasteiger charge is -2.09. The largest absolute Gasteiger partial charge is 0.480 e. The molecule has 5 nitrogen and oxygen atoms in total. The van der Waals surface area contributed by atoms with Gasteiger partial charge in [-0.25, -0.2) is 0 Å². The van der Waals surface area contributed by atoms with Crippen molar-refractivity contribution in [2.75, 3.05) is 0 Å². The van der Waals surface area contributed by atoms with Gasteiger partial charge in [0.2, 0.25) is 0 Å². The SMILES string of the molecule is [2H]N([2H])[C@]([2H])(C(=O)O)C(O)C(C)=O. The molecule has 10 heavy (non-hydrogen) atoms. The number of carbonyl (C=O) groups is 2. The van der Waals surface area contributed by atoms with Crippen molar-refractivity contribution in [1.29, 1.82) is 0 Å². The van der Waals surface area contributed by atoms with Crippen molar-refractivity contribution < 1.29 is 24.0 Å². The molecule has 0 radical (unpaired) electrons. The molecule has 0 amide bonds. The molecule has 1 unspecified atom stereocenters. The van der Waals surface area contributed by atoms with Gasteiger partial charge in [0.15, 0.2) is 5.78 Å². The van der Waals surface area contributed by atoms with Crippen molar-refractivity contribution in [3.05, 3.63) is 0 Å². The van der Waals surface area contributed by atoms with Gasteiger partial charge in [0.05, 0.1) is 1.37 Å². The van der Waals surface area contributed by atoms with Crippen LogP contribution < -0.4 is 5.72 Å². The van der Waals surface area contributed by atoms with E-state index in [0.29, 0.717) is 0 Å². The predicted octanol–water partition coefficient (Wildman–Crippen LogP) is -1.65. The highest BCUT2D eigenvalue weighted by Crippen LogP contribution is 1.91. The molecule has 58 valence electrons. The van der Waals surface area contributed by atoms with E-state index in [1.54, 1.807) is 0 Å². The minimum Gasteiger partial charge on any atom is -0.480 e. The van der Waals surface area contributed by atoms with Gasteiger partial charge in [-0.1, -0.05) is 0 Å². The van der Waals surface area contributed by atoms with Crippen LogP contribution in [0.3, 0.4) is 0 Å². The number of aliphatic hydroxyl groups excluding tert-OH is 1. The summed E-state index contributed by atoms with van der Waals surface area (Å²) in [6, 6.07) is -2.98. The molecule has 0 aliphatic carbocycles. The Labute approximate surface area is 61.8 Å². The molecule has 5 heteroatoms. The van der Waals surface area contributed by atoms with Crippen LogP contribution in [0.4, 0.5) is 0 Å². The van der Waals surface area contributed by atoms with Crippen LogP contribution >= 0.6 is 0 Å². The van der Waals surface area contributed by atoms with Crippen LogP contribution in [-0.2, 0) is 9.59 Å². The van der Waals surface area contributed by atoms with Crippen LogP contribution in [0, 0.1) is 0 Å². The Balaban J connectivity index is 5.01. The number of ketones is 1. The van der Waals surface area contributed by atoms with Gasteiger partial charge in [-0.05, 0) is 6.92 Å². The summed E-state index contributed by atoms with van der Waals surface area (Å²) in [5.74, 6) is -2.91. The molecule has 2 atom stereocenters. The fourth-order valence-electron chi connectivity index (χ4n) is 0.309. The zero-order valence-electron chi connectivity index (χ0n) is 8.24. The lowest BCUT2D eigenvalue weighted by molar-refractivity contribution is -0.144. The van der Waals surface area contributed by atoms with E-state index in [2.05, 4.69) is 0 Å². The van der Waals surface area contributed by atoms with Crippen LogP contribution in [0.1, 0.15) is 8.29 Å².